The highest BCUT2D eigenvalue weighted by atomic mass is 16.2. The number of nitrogens with zero attached hydrogens (tertiary/aromatic N) is 5. The van der Waals surface area contributed by atoms with Crippen LogP contribution in [0.2, 0.25) is 0 Å². The number of carbonyl (C=O) groups excluding carboxylic acids is 2. The first-order chi connectivity index (χ1) is 16.4. The Labute approximate surface area is 200 Å². The van der Waals surface area contributed by atoms with E-state index < -0.39 is 0 Å². The second-order valence-corrected chi connectivity index (χ2v) is 9.36. The lowest BCUT2D eigenvalue weighted by atomic mass is 10.1. The summed E-state index contributed by atoms with van der Waals surface area (Å²) in [7, 11) is 0. The second kappa shape index (κ2) is 9.06. The number of amides is 2. The van der Waals surface area contributed by atoms with Gasteiger partial charge in [0.25, 0.3) is 11.8 Å². The monoisotopic (exact) mass is 457 g/mol. The maximum Gasteiger partial charge on any atom is 0.263 e. The SMILES string of the molecule is Cc1ccc(CN2CCN(c3cccc4c3C(=O)N(CCn3nc(C)cc3C)C4=O)CC2)cc1. The lowest BCUT2D eigenvalue weighted by molar-refractivity contribution is 0.0647. The lowest BCUT2D eigenvalue weighted by Gasteiger charge is -2.36. The Bertz CT molecular complexity index is 1220. The van der Waals surface area contributed by atoms with Crippen molar-refractivity contribution in [2.75, 3.05) is 37.6 Å². The van der Waals surface area contributed by atoms with Gasteiger partial charge in [-0.15, -0.1) is 0 Å². The Morgan fingerprint density at radius 2 is 1.59 bits per heavy atom. The first kappa shape index (κ1) is 22.3. The van der Waals surface area contributed by atoms with Gasteiger partial charge in [0.2, 0.25) is 0 Å². The molecule has 0 radical (unpaired) electrons. The van der Waals surface area contributed by atoms with Gasteiger partial charge in [0, 0.05) is 45.0 Å². The van der Waals surface area contributed by atoms with Crippen LogP contribution in [-0.4, -0.2) is 64.1 Å². The largest absolute Gasteiger partial charge is 0.368 e. The molecular weight excluding hydrogens is 426 g/mol. The van der Waals surface area contributed by atoms with Crippen LogP contribution in [0.1, 0.15) is 43.2 Å². The molecule has 5 rings (SSSR count). The molecule has 0 bridgehead atoms. The minimum absolute atomic E-state index is 0.195. The van der Waals surface area contributed by atoms with E-state index in [1.54, 1.807) is 6.07 Å². The van der Waals surface area contributed by atoms with E-state index in [1.165, 1.54) is 16.0 Å². The van der Waals surface area contributed by atoms with Crippen LogP contribution in [0, 0.1) is 20.8 Å². The van der Waals surface area contributed by atoms with Gasteiger partial charge in [0.1, 0.15) is 0 Å². The molecule has 0 saturated carbocycles. The first-order valence-electron chi connectivity index (χ1n) is 11.9. The predicted octanol–water partition coefficient (Wildman–Crippen LogP) is 3.43. The third kappa shape index (κ3) is 4.23. The molecule has 7 heteroatoms. The van der Waals surface area contributed by atoms with E-state index in [1.807, 2.05) is 36.7 Å². The zero-order valence-corrected chi connectivity index (χ0v) is 20.1. The quantitative estimate of drug-likeness (QED) is 0.531. The van der Waals surface area contributed by atoms with Gasteiger partial charge in [-0.3, -0.25) is 24.1 Å². The molecule has 0 atom stereocenters. The zero-order chi connectivity index (χ0) is 23.8. The highest BCUT2D eigenvalue weighted by molar-refractivity contribution is 6.23. The van der Waals surface area contributed by atoms with Gasteiger partial charge in [-0.2, -0.15) is 5.10 Å². The van der Waals surface area contributed by atoms with Gasteiger partial charge in [0.15, 0.2) is 0 Å². The van der Waals surface area contributed by atoms with E-state index >= 15 is 0 Å². The first-order valence-corrected chi connectivity index (χ1v) is 11.9. The number of aromatic nitrogens is 2. The molecule has 2 aliphatic rings. The van der Waals surface area contributed by atoms with Gasteiger partial charge in [-0.1, -0.05) is 35.9 Å². The summed E-state index contributed by atoms with van der Waals surface area (Å²) in [6, 6.07) is 16.3. The number of carbonyl (C=O) groups is 2. The number of benzene rings is 2. The minimum Gasteiger partial charge on any atom is -0.368 e. The van der Waals surface area contributed by atoms with Crippen molar-refractivity contribution < 1.29 is 9.59 Å². The Balaban J connectivity index is 1.27. The Morgan fingerprint density at radius 1 is 0.853 bits per heavy atom. The third-order valence-corrected chi connectivity index (χ3v) is 6.86. The van der Waals surface area contributed by atoms with Crippen LogP contribution in [0.4, 0.5) is 5.69 Å². The van der Waals surface area contributed by atoms with Crippen LogP contribution in [-0.2, 0) is 13.1 Å². The van der Waals surface area contributed by atoms with E-state index in [-0.39, 0.29) is 11.8 Å². The lowest BCUT2D eigenvalue weighted by Crippen LogP contribution is -2.46. The van der Waals surface area contributed by atoms with Crippen LogP contribution in [0.5, 0.6) is 0 Å². The molecule has 3 heterocycles. The molecule has 1 saturated heterocycles. The van der Waals surface area contributed by atoms with Crippen LogP contribution < -0.4 is 4.90 Å². The molecule has 34 heavy (non-hydrogen) atoms. The summed E-state index contributed by atoms with van der Waals surface area (Å²) >= 11 is 0. The number of imide groups is 1. The van der Waals surface area contributed by atoms with Crippen molar-refractivity contribution >= 4 is 17.5 Å². The highest BCUT2D eigenvalue weighted by Crippen LogP contribution is 2.32. The summed E-state index contributed by atoms with van der Waals surface area (Å²) in [6.07, 6.45) is 0. The summed E-state index contributed by atoms with van der Waals surface area (Å²) in [6.45, 7) is 11.3. The van der Waals surface area contributed by atoms with Crippen molar-refractivity contribution in [3.8, 4) is 0 Å². The second-order valence-electron chi connectivity index (χ2n) is 9.36. The summed E-state index contributed by atoms with van der Waals surface area (Å²) in [5.41, 5.74) is 6.49. The molecule has 1 fully saturated rings. The number of piperazine rings is 1. The molecule has 0 spiro atoms. The van der Waals surface area contributed by atoms with E-state index in [9.17, 15) is 9.59 Å². The maximum absolute atomic E-state index is 13.4. The van der Waals surface area contributed by atoms with Gasteiger partial charge in [0.05, 0.1) is 29.1 Å². The summed E-state index contributed by atoms with van der Waals surface area (Å²) in [5.74, 6) is -0.402. The van der Waals surface area contributed by atoms with Crippen molar-refractivity contribution in [2.45, 2.75) is 33.9 Å². The molecule has 3 aromatic rings. The van der Waals surface area contributed by atoms with E-state index in [0.717, 1.165) is 49.8 Å². The molecule has 0 N–H and O–H groups in total. The average molecular weight is 458 g/mol. The van der Waals surface area contributed by atoms with Crippen molar-refractivity contribution in [3.05, 3.63) is 82.2 Å². The topological polar surface area (TPSA) is 61.7 Å². The third-order valence-electron chi connectivity index (χ3n) is 6.86. The van der Waals surface area contributed by atoms with Gasteiger partial charge in [-0.25, -0.2) is 0 Å². The van der Waals surface area contributed by atoms with Crippen LogP contribution >= 0.6 is 0 Å². The number of fused-ring (bicyclic) bond motifs is 1. The van der Waals surface area contributed by atoms with Crippen molar-refractivity contribution in [1.82, 2.24) is 19.6 Å². The van der Waals surface area contributed by atoms with Gasteiger partial charge >= 0.3 is 0 Å². The normalized spacial score (nSPS) is 16.4. The molecular formula is C27H31N5O2. The Kier molecular flexibility index (Phi) is 5.96. The molecule has 176 valence electrons. The number of rotatable bonds is 6. The van der Waals surface area contributed by atoms with Crippen molar-refractivity contribution in [1.29, 1.82) is 0 Å². The Hall–Kier alpha value is -3.45. The molecule has 2 amide bonds. The summed E-state index contributed by atoms with van der Waals surface area (Å²) in [4.78, 5) is 32.5. The number of hydrogen-bond acceptors (Lipinski definition) is 5. The molecule has 2 aliphatic heterocycles. The average Bonchev–Trinajstić information content (AvgIpc) is 3.29. The molecule has 0 unspecified atom stereocenters. The maximum atomic E-state index is 13.4. The Morgan fingerprint density at radius 3 is 2.26 bits per heavy atom. The fourth-order valence-corrected chi connectivity index (χ4v) is 4.98. The molecule has 7 nitrogen and oxygen atoms in total. The number of anilines is 1. The fourth-order valence-electron chi connectivity index (χ4n) is 4.98. The van der Waals surface area contributed by atoms with E-state index in [0.29, 0.717) is 24.2 Å². The van der Waals surface area contributed by atoms with Gasteiger partial charge in [-0.05, 0) is 44.5 Å². The van der Waals surface area contributed by atoms with E-state index in [2.05, 4.69) is 46.1 Å². The van der Waals surface area contributed by atoms with Crippen LogP contribution in [0.15, 0.2) is 48.5 Å². The fraction of sp³-hybridized carbons (Fsp3) is 0.370. The van der Waals surface area contributed by atoms with Crippen LogP contribution in [0.25, 0.3) is 0 Å². The summed E-state index contributed by atoms with van der Waals surface area (Å²) < 4.78 is 1.85. The number of hydrogen-bond donors (Lipinski definition) is 0. The zero-order valence-electron chi connectivity index (χ0n) is 20.1. The smallest absolute Gasteiger partial charge is 0.263 e. The van der Waals surface area contributed by atoms with Crippen molar-refractivity contribution in [3.63, 3.8) is 0 Å². The number of aryl methyl sites for hydroxylation is 3. The van der Waals surface area contributed by atoms with Crippen LogP contribution in [0.3, 0.4) is 0 Å². The molecule has 2 aromatic carbocycles. The minimum atomic E-state index is -0.207. The van der Waals surface area contributed by atoms with E-state index in [4.69, 9.17) is 0 Å². The summed E-state index contributed by atoms with van der Waals surface area (Å²) in [5, 5.41) is 4.46. The predicted molar refractivity (Wildman–Crippen MR) is 132 cm³/mol. The standard InChI is InChI=1S/C27H31N5O2/c1-19-7-9-22(10-8-19)18-29-11-13-30(14-12-29)24-6-4-5-23-25(24)27(34)31(26(23)33)15-16-32-21(3)17-20(2)28-32/h4-10,17H,11-16,18H2,1-3H3. The molecule has 1 aromatic heterocycles. The highest BCUT2D eigenvalue weighted by Gasteiger charge is 2.38. The van der Waals surface area contributed by atoms with Crippen molar-refractivity contribution in [2.24, 2.45) is 0 Å². The van der Waals surface area contributed by atoms with Gasteiger partial charge < -0.3 is 4.90 Å². The molecule has 0 aliphatic carbocycles.